The summed E-state index contributed by atoms with van der Waals surface area (Å²) in [5.74, 6) is 3.42. The van der Waals surface area contributed by atoms with Crippen LogP contribution in [0.25, 0.3) is 102 Å². The first-order valence-electron chi connectivity index (χ1n) is 20.3. The number of aromatic nitrogens is 6. The number of rotatable bonds is 9. The van der Waals surface area contributed by atoms with Crippen molar-refractivity contribution in [2.24, 2.45) is 0 Å². The van der Waals surface area contributed by atoms with Crippen LogP contribution in [-0.2, 0) is 0 Å². The van der Waals surface area contributed by atoms with Gasteiger partial charge in [0.25, 0.3) is 0 Å². The Morgan fingerprint density at radius 3 is 0.839 bits per heavy atom. The molecule has 2 heterocycles. The third-order valence-electron chi connectivity index (χ3n) is 10.7. The van der Waals surface area contributed by atoms with E-state index in [2.05, 4.69) is 36.4 Å². The van der Waals surface area contributed by atoms with Gasteiger partial charge in [0.15, 0.2) is 34.9 Å². The highest BCUT2D eigenvalue weighted by Crippen LogP contribution is 2.44. The molecule has 0 bridgehead atoms. The molecule has 0 fully saturated rings. The minimum atomic E-state index is 0.541. The van der Waals surface area contributed by atoms with Crippen LogP contribution >= 0.6 is 0 Å². The van der Waals surface area contributed by atoms with E-state index in [-0.39, 0.29) is 0 Å². The maximum atomic E-state index is 10.3. The van der Waals surface area contributed by atoms with Gasteiger partial charge in [-0.2, -0.15) is 5.26 Å². The van der Waals surface area contributed by atoms with Gasteiger partial charge < -0.3 is 0 Å². The maximum Gasteiger partial charge on any atom is 0.164 e. The highest BCUT2D eigenvalue weighted by Gasteiger charge is 2.22. The van der Waals surface area contributed by atoms with Crippen LogP contribution in [0.3, 0.4) is 0 Å². The largest absolute Gasteiger partial charge is 0.208 e. The molecule has 7 heteroatoms. The fraction of sp³-hybridized carbons (Fsp3) is 0. The molecule has 10 rings (SSSR count). The van der Waals surface area contributed by atoms with Gasteiger partial charge in [-0.15, -0.1) is 0 Å². The lowest BCUT2D eigenvalue weighted by molar-refractivity contribution is 1.07. The second-order valence-corrected chi connectivity index (χ2v) is 14.6. The smallest absolute Gasteiger partial charge is 0.164 e. The monoisotopic (exact) mass is 793 g/mol. The molecule has 0 N–H and O–H groups in total. The molecule has 0 saturated heterocycles. The number of hydrogen-bond donors (Lipinski definition) is 0. The molecule has 0 amide bonds. The molecular formula is C55H35N7. The molecule has 0 radical (unpaired) electrons. The van der Waals surface area contributed by atoms with Crippen LogP contribution in [-0.4, -0.2) is 29.9 Å². The van der Waals surface area contributed by atoms with Crippen LogP contribution in [0.5, 0.6) is 0 Å². The summed E-state index contributed by atoms with van der Waals surface area (Å²) in [6, 6.07) is 72.8. The molecule has 2 aromatic heterocycles. The van der Waals surface area contributed by atoms with E-state index in [4.69, 9.17) is 29.9 Å². The maximum absolute atomic E-state index is 10.3. The summed E-state index contributed by atoms with van der Waals surface area (Å²) in [5.41, 5.74) is 11.3. The summed E-state index contributed by atoms with van der Waals surface area (Å²) >= 11 is 0. The van der Waals surface area contributed by atoms with Crippen molar-refractivity contribution in [3.63, 3.8) is 0 Å². The van der Waals surface area contributed by atoms with E-state index >= 15 is 0 Å². The Balaban J connectivity index is 1.16. The Morgan fingerprint density at radius 1 is 0.242 bits per heavy atom. The molecule has 0 atom stereocenters. The van der Waals surface area contributed by atoms with Gasteiger partial charge in [0.1, 0.15) is 0 Å². The summed E-state index contributed by atoms with van der Waals surface area (Å²) in [7, 11) is 0. The summed E-state index contributed by atoms with van der Waals surface area (Å²) in [6.07, 6.45) is 0. The van der Waals surface area contributed by atoms with Crippen LogP contribution < -0.4 is 0 Å². The van der Waals surface area contributed by atoms with Crippen LogP contribution in [0.4, 0.5) is 0 Å². The zero-order valence-corrected chi connectivity index (χ0v) is 33.3. The Morgan fingerprint density at radius 2 is 0.500 bits per heavy atom. The van der Waals surface area contributed by atoms with Crippen molar-refractivity contribution in [3.8, 4) is 108 Å². The van der Waals surface area contributed by atoms with E-state index in [1.54, 1.807) is 0 Å². The van der Waals surface area contributed by atoms with Gasteiger partial charge in [-0.05, 0) is 45.5 Å². The average Bonchev–Trinajstić information content (AvgIpc) is 3.37. The first-order chi connectivity index (χ1) is 30.7. The standard InChI is InChI=1S/C55H35N7/c56-36-37-33-34-46(44-29-16-18-32-48(44)55-61-52(40-23-9-3-10-24-40)58-53(62-55)41-25-11-4-12-26-41)49(35-37)45-30-14-13-27-42(45)43-28-15-17-31-47(43)54-59-50(38-19-5-1-6-20-38)57-51(60-54)39-21-7-2-8-22-39/h1-35H. The van der Waals surface area contributed by atoms with Crippen LogP contribution in [0.15, 0.2) is 212 Å². The number of nitriles is 1. The Bertz CT molecular complexity index is 3120. The van der Waals surface area contributed by atoms with Gasteiger partial charge in [-0.1, -0.05) is 200 Å². The van der Waals surface area contributed by atoms with Crippen LogP contribution in [0.2, 0.25) is 0 Å². The third-order valence-corrected chi connectivity index (χ3v) is 10.7. The molecule has 0 unspecified atom stereocenters. The summed E-state index contributed by atoms with van der Waals surface area (Å²) in [5, 5.41) is 10.3. The van der Waals surface area contributed by atoms with E-state index in [9.17, 15) is 5.26 Å². The van der Waals surface area contributed by atoms with Crippen molar-refractivity contribution >= 4 is 0 Å². The van der Waals surface area contributed by atoms with Gasteiger partial charge in [0, 0.05) is 33.4 Å². The molecule has 0 spiro atoms. The van der Waals surface area contributed by atoms with Gasteiger partial charge in [-0.3, -0.25) is 0 Å². The topological polar surface area (TPSA) is 101 Å². The van der Waals surface area contributed by atoms with E-state index in [1.165, 1.54) is 0 Å². The van der Waals surface area contributed by atoms with E-state index in [0.29, 0.717) is 40.5 Å². The van der Waals surface area contributed by atoms with Crippen molar-refractivity contribution in [1.29, 1.82) is 5.26 Å². The highest BCUT2D eigenvalue weighted by molar-refractivity contribution is 5.98. The lowest BCUT2D eigenvalue weighted by Gasteiger charge is -2.19. The third kappa shape index (κ3) is 7.52. The van der Waals surface area contributed by atoms with E-state index in [1.807, 2.05) is 182 Å². The Labute approximate surface area is 359 Å². The second kappa shape index (κ2) is 16.9. The van der Waals surface area contributed by atoms with Gasteiger partial charge in [-0.25, -0.2) is 29.9 Å². The molecule has 62 heavy (non-hydrogen) atoms. The van der Waals surface area contributed by atoms with Gasteiger partial charge in [0.05, 0.1) is 11.6 Å². The zero-order chi connectivity index (χ0) is 41.7. The number of hydrogen-bond acceptors (Lipinski definition) is 7. The van der Waals surface area contributed by atoms with Crippen molar-refractivity contribution < 1.29 is 0 Å². The van der Waals surface area contributed by atoms with Crippen molar-refractivity contribution in [3.05, 3.63) is 218 Å². The van der Waals surface area contributed by atoms with Crippen LogP contribution in [0, 0.1) is 11.3 Å². The van der Waals surface area contributed by atoms with Crippen molar-refractivity contribution in [1.82, 2.24) is 29.9 Å². The summed E-state index contributed by atoms with van der Waals surface area (Å²) < 4.78 is 0. The number of nitrogens with zero attached hydrogens (tertiary/aromatic N) is 7. The molecule has 7 nitrogen and oxygen atoms in total. The fourth-order valence-corrected chi connectivity index (χ4v) is 7.71. The number of benzene rings is 8. The Kier molecular flexibility index (Phi) is 10.2. The van der Waals surface area contributed by atoms with E-state index < -0.39 is 0 Å². The quantitative estimate of drug-likeness (QED) is 0.143. The molecule has 10 aromatic rings. The lowest BCUT2D eigenvalue weighted by Crippen LogP contribution is -2.02. The molecule has 290 valence electrons. The predicted molar refractivity (Wildman–Crippen MR) is 247 cm³/mol. The second-order valence-electron chi connectivity index (χ2n) is 14.6. The van der Waals surface area contributed by atoms with Crippen molar-refractivity contribution in [2.75, 3.05) is 0 Å². The minimum absolute atomic E-state index is 0.541. The summed E-state index contributed by atoms with van der Waals surface area (Å²) in [4.78, 5) is 30.3. The fourth-order valence-electron chi connectivity index (χ4n) is 7.71. The summed E-state index contributed by atoms with van der Waals surface area (Å²) in [6.45, 7) is 0. The average molecular weight is 794 g/mol. The normalized spacial score (nSPS) is 10.9. The molecule has 0 aliphatic heterocycles. The lowest BCUT2D eigenvalue weighted by atomic mass is 9.86. The minimum Gasteiger partial charge on any atom is -0.208 e. The molecule has 0 aliphatic carbocycles. The van der Waals surface area contributed by atoms with Gasteiger partial charge in [0.2, 0.25) is 0 Å². The molecule has 8 aromatic carbocycles. The first kappa shape index (κ1) is 37.5. The molecular weight excluding hydrogens is 759 g/mol. The van der Waals surface area contributed by atoms with Crippen molar-refractivity contribution in [2.45, 2.75) is 0 Å². The molecule has 0 aliphatic rings. The first-order valence-corrected chi connectivity index (χ1v) is 20.3. The predicted octanol–water partition coefficient (Wildman–Crippen LogP) is 12.9. The highest BCUT2D eigenvalue weighted by atomic mass is 15.0. The Hall–Kier alpha value is -8.73. The zero-order valence-electron chi connectivity index (χ0n) is 33.3. The van der Waals surface area contributed by atoms with E-state index in [0.717, 1.165) is 66.8 Å². The molecule has 0 saturated carbocycles. The van der Waals surface area contributed by atoms with Crippen LogP contribution in [0.1, 0.15) is 5.56 Å². The van der Waals surface area contributed by atoms with Gasteiger partial charge >= 0.3 is 0 Å². The SMILES string of the molecule is N#Cc1ccc(-c2ccccc2-c2nc(-c3ccccc3)nc(-c3ccccc3)n2)c(-c2ccccc2-c2ccccc2-c2nc(-c3ccccc3)nc(-c3ccccc3)n2)c1.